The number of hydrogen-bond acceptors (Lipinski definition) is 5. The highest BCUT2D eigenvalue weighted by molar-refractivity contribution is 8.00. The number of aromatic nitrogens is 1. The molecule has 0 spiro atoms. The van der Waals surface area contributed by atoms with Crippen LogP contribution in [-0.4, -0.2) is 16.8 Å². The fraction of sp³-hybridized carbons (Fsp3) is 0.318. The molecule has 2 heterocycles. The highest BCUT2D eigenvalue weighted by Gasteiger charge is 2.48. The van der Waals surface area contributed by atoms with E-state index in [-0.39, 0.29) is 23.7 Å². The summed E-state index contributed by atoms with van der Waals surface area (Å²) in [6, 6.07) is 16.1. The first-order valence-corrected chi connectivity index (χ1v) is 11.5. The molecule has 2 atom stereocenters. The number of nitrogens with zero attached hydrogens (tertiary/aromatic N) is 2. The van der Waals surface area contributed by atoms with E-state index < -0.39 is 0 Å². The molecule has 3 aromatic rings. The van der Waals surface area contributed by atoms with Crippen molar-refractivity contribution in [2.75, 3.05) is 4.90 Å². The number of fused-ring (bicyclic) bond motifs is 2. The minimum absolute atomic E-state index is 0.0164. The Morgan fingerprint density at radius 3 is 2.43 bits per heavy atom. The first-order valence-electron chi connectivity index (χ1n) is 9.66. The van der Waals surface area contributed by atoms with Crippen LogP contribution in [0.4, 0.5) is 5.69 Å². The van der Waals surface area contributed by atoms with Crippen molar-refractivity contribution in [3.63, 3.8) is 0 Å². The Morgan fingerprint density at radius 1 is 1.00 bits per heavy atom. The molecule has 1 aromatic heterocycles. The van der Waals surface area contributed by atoms with E-state index in [0.29, 0.717) is 5.69 Å². The van der Waals surface area contributed by atoms with E-state index in [0.717, 1.165) is 46.0 Å². The zero-order chi connectivity index (χ0) is 19.1. The molecule has 2 aromatic carbocycles. The highest BCUT2D eigenvalue weighted by Crippen LogP contribution is 2.41. The fourth-order valence-electron chi connectivity index (χ4n) is 4.23. The van der Waals surface area contributed by atoms with Crippen molar-refractivity contribution in [1.82, 2.24) is 4.98 Å². The normalized spacial score (nSPS) is 22.1. The predicted molar refractivity (Wildman–Crippen MR) is 114 cm³/mol. The topological polar surface area (TPSA) is 50.3 Å². The lowest BCUT2D eigenvalue weighted by atomic mass is 9.81. The van der Waals surface area contributed by atoms with Gasteiger partial charge in [0.05, 0.1) is 27.7 Å². The molecule has 1 aliphatic heterocycles. The quantitative estimate of drug-likeness (QED) is 0.436. The number of carbonyl (C=O) groups excluding carboxylic acids is 2. The maximum atomic E-state index is 12.8. The minimum atomic E-state index is -0.115. The maximum Gasteiger partial charge on any atom is 0.237 e. The Hall–Kier alpha value is -2.18. The van der Waals surface area contributed by atoms with Crippen LogP contribution in [-0.2, 0) is 15.3 Å². The van der Waals surface area contributed by atoms with Gasteiger partial charge in [0.15, 0.2) is 4.34 Å². The molecule has 142 valence electrons. The first kappa shape index (κ1) is 17.9. The van der Waals surface area contributed by atoms with Gasteiger partial charge in [0.25, 0.3) is 0 Å². The summed E-state index contributed by atoms with van der Waals surface area (Å²) in [7, 11) is 0. The van der Waals surface area contributed by atoms with Gasteiger partial charge in [0.1, 0.15) is 0 Å². The summed E-state index contributed by atoms with van der Waals surface area (Å²) < 4.78 is 2.02. The number of thioether (sulfide) groups is 1. The zero-order valence-corrected chi connectivity index (χ0v) is 17.0. The molecule has 0 bridgehead atoms. The lowest BCUT2D eigenvalue weighted by Crippen LogP contribution is -2.30. The molecule has 2 aliphatic rings. The summed E-state index contributed by atoms with van der Waals surface area (Å²) >= 11 is 3.33. The summed E-state index contributed by atoms with van der Waals surface area (Å²) in [5.74, 6) is 0.611. The van der Waals surface area contributed by atoms with Gasteiger partial charge < -0.3 is 0 Å². The Bertz CT molecular complexity index is 1020. The third kappa shape index (κ3) is 3.14. The average molecular weight is 409 g/mol. The Labute approximate surface area is 172 Å². The molecule has 0 radical (unpaired) electrons. The molecule has 5 rings (SSSR count). The van der Waals surface area contributed by atoms with E-state index in [1.165, 1.54) is 10.5 Å². The standard InChI is InChI=1S/C22H20N2O2S2/c25-20-16-8-4-5-9-17(16)21(26)24(20)15-10-11-18-19(12-15)28-22(23-18)27-13-14-6-2-1-3-7-14/h1-3,6-7,10-12,16-17H,4-5,8-9,13H2/t16-,17-/m0/s1. The largest absolute Gasteiger partial charge is 0.274 e. The Kier molecular flexibility index (Phi) is 4.69. The second kappa shape index (κ2) is 7.33. The maximum absolute atomic E-state index is 12.8. The average Bonchev–Trinajstić information content (AvgIpc) is 3.25. The van der Waals surface area contributed by atoms with Crippen LogP contribution >= 0.6 is 23.1 Å². The molecular formula is C22H20N2O2S2. The molecule has 2 fully saturated rings. The van der Waals surface area contributed by atoms with E-state index in [4.69, 9.17) is 4.98 Å². The van der Waals surface area contributed by atoms with E-state index >= 15 is 0 Å². The number of thiazole rings is 1. The molecule has 0 N–H and O–H groups in total. The number of hydrogen-bond donors (Lipinski definition) is 0. The SMILES string of the molecule is O=C1[C@H]2CCCC[C@@H]2C(=O)N1c1ccc2nc(SCc3ccccc3)sc2c1. The molecule has 1 saturated heterocycles. The molecule has 1 saturated carbocycles. The van der Waals surface area contributed by atoms with Gasteiger partial charge in [0.2, 0.25) is 11.8 Å². The number of carbonyl (C=O) groups is 2. The van der Waals surface area contributed by atoms with Crippen LogP contribution in [0.3, 0.4) is 0 Å². The van der Waals surface area contributed by atoms with Crippen molar-refractivity contribution >= 4 is 50.8 Å². The van der Waals surface area contributed by atoms with E-state index in [9.17, 15) is 9.59 Å². The molecule has 28 heavy (non-hydrogen) atoms. The number of imide groups is 1. The van der Waals surface area contributed by atoms with Crippen molar-refractivity contribution in [2.45, 2.75) is 35.8 Å². The van der Waals surface area contributed by atoms with Crippen LogP contribution in [0, 0.1) is 11.8 Å². The van der Waals surface area contributed by atoms with Crippen molar-refractivity contribution in [3.8, 4) is 0 Å². The summed E-state index contributed by atoms with van der Waals surface area (Å²) in [4.78, 5) is 31.8. The van der Waals surface area contributed by atoms with Gasteiger partial charge in [-0.05, 0) is 36.6 Å². The van der Waals surface area contributed by atoms with Crippen LogP contribution in [0.2, 0.25) is 0 Å². The molecule has 4 nitrogen and oxygen atoms in total. The summed E-state index contributed by atoms with van der Waals surface area (Å²) in [6.07, 6.45) is 3.78. The van der Waals surface area contributed by atoms with Crippen LogP contribution < -0.4 is 4.90 Å². The zero-order valence-electron chi connectivity index (χ0n) is 15.3. The van der Waals surface area contributed by atoms with Gasteiger partial charge in [-0.1, -0.05) is 54.9 Å². The van der Waals surface area contributed by atoms with Crippen LogP contribution in [0.1, 0.15) is 31.2 Å². The minimum Gasteiger partial charge on any atom is -0.274 e. The van der Waals surface area contributed by atoms with E-state index in [1.54, 1.807) is 23.1 Å². The second-order valence-corrected chi connectivity index (χ2v) is 9.67. The van der Waals surface area contributed by atoms with Crippen molar-refractivity contribution in [3.05, 3.63) is 54.1 Å². The van der Waals surface area contributed by atoms with Gasteiger partial charge in [-0.25, -0.2) is 4.98 Å². The van der Waals surface area contributed by atoms with Crippen LogP contribution in [0.15, 0.2) is 52.9 Å². The number of benzene rings is 2. The molecule has 0 unspecified atom stereocenters. The van der Waals surface area contributed by atoms with Crippen molar-refractivity contribution < 1.29 is 9.59 Å². The molecule has 2 amide bonds. The summed E-state index contributed by atoms with van der Waals surface area (Å²) in [6.45, 7) is 0. The van der Waals surface area contributed by atoms with Crippen molar-refractivity contribution in [1.29, 1.82) is 0 Å². The van der Waals surface area contributed by atoms with Gasteiger partial charge >= 0.3 is 0 Å². The van der Waals surface area contributed by atoms with Crippen molar-refractivity contribution in [2.24, 2.45) is 11.8 Å². The lowest BCUT2D eigenvalue weighted by molar-refractivity contribution is -0.122. The third-order valence-electron chi connectivity index (χ3n) is 5.66. The number of anilines is 1. The van der Waals surface area contributed by atoms with Gasteiger partial charge in [-0.2, -0.15) is 0 Å². The Balaban J connectivity index is 1.39. The predicted octanol–water partition coefficient (Wildman–Crippen LogP) is 5.27. The van der Waals surface area contributed by atoms with E-state index in [2.05, 4.69) is 12.1 Å². The summed E-state index contributed by atoms with van der Waals surface area (Å²) in [5.41, 5.74) is 2.88. The molecule has 6 heteroatoms. The Morgan fingerprint density at radius 2 is 1.71 bits per heavy atom. The monoisotopic (exact) mass is 408 g/mol. The number of rotatable bonds is 4. The van der Waals surface area contributed by atoms with Gasteiger partial charge in [0, 0.05) is 5.75 Å². The van der Waals surface area contributed by atoms with Gasteiger partial charge in [-0.3, -0.25) is 14.5 Å². The van der Waals surface area contributed by atoms with Crippen LogP contribution in [0.25, 0.3) is 10.2 Å². The number of amides is 2. The molecule has 1 aliphatic carbocycles. The highest BCUT2D eigenvalue weighted by atomic mass is 32.2. The second-order valence-electron chi connectivity index (χ2n) is 7.42. The summed E-state index contributed by atoms with van der Waals surface area (Å²) in [5, 5.41) is 0. The van der Waals surface area contributed by atoms with E-state index in [1.807, 2.05) is 36.4 Å². The fourth-order valence-corrected chi connectivity index (χ4v) is 6.29. The van der Waals surface area contributed by atoms with Crippen LogP contribution in [0.5, 0.6) is 0 Å². The van der Waals surface area contributed by atoms with Gasteiger partial charge in [-0.15, -0.1) is 11.3 Å². The third-order valence-corrected chi connectivity index (χ3v) is 7.89. The lowest BCUT2D eigenvalue weighted by Gasteiger charge is -2.19. The molecular weight excluding hydrogens is 388 g/mol. The smallest absolute Gasteiger partial charge is 0.237 e. The first-order chi connectivity index (χ1) is 13.7.